The van der Waals surface area contributed by atoms with Gasteiger partial charge in [-0.1, -0.05) is 34.8 Å². The summed E-state index contributed by atoms with van der Waals surface area (Å²) >= 11 is 14.4. The van der Waals surface area contributed by atoms with Crippen LogP contribution in [0.4, 0.5) is 4.79 Å². The van der Waals surface area contributed by atoms with Crippen LogP contribution in [0.3, 0.4) is 0 Å². The predicted molar refractivity (Wildman–Crippen MR) is 54.2 cm³/mol. The Bertz CT molecular complexity index is 209. The van der Waals surface area contributed by atoms with Crippen LogP contribution in [0, 0.1) is 0 Å². The van der Waals surface area contributed by atoms with E-state index in [4.69, 9.17) is 67.3 Å². The number of rotatable bonds is 0. The van der Waals surface area contributed by atoms with Gasteiger partial charge in [-0.25, -0.2) is 4.79 Å². The van der Waals surface area contributed by atoms with Gasteiger partial charge in [-0.05, 0) is 0 Å². The van der Waals surface area contributed by atoms with Crippen molar-refractivity contribution >= 4 is 74.4 Å². The van der Waals surface area contributed by atoms with Gasteiger partial charge in [0.25, 0.3) is 0 Å². The van der Waals surface area contributed by atoms with Crippen LogP contribution < -0.4 is 0 Å². The van der Waals surface area contributed by atoms with Crippen LogP contribution in [-0.4, -0.2) is 61.2 Å². The van der Waals surface area contributed by atoms with E-state index >= 15 is 0 Å². The van der Waals surface area contributed by atoms with Gasteiger partial charge in [-0.15, -0.1) is 0 Å². The van der Waals surface area contributed by atoms with Gasteiger partial charge in [0.05, 0.1) is 0 Å². The van der Waals surface area contributed by atoms with E-state index in [0.29, 0.717) is 0 Å². The Morgan fingerprint density at radius 1 is 1.14 bits per heavy atom. The molecule has 0 aromatic carbocycles. The van der Waals surface area contributed by atoms with Gasteiger partial charge in [0, 0.05) is 0 Å². The molecule has 0 rings (SSSR count). The van der Waals surface area contributed by atoms with Crippen molar-refractivity contribution in [1.29, 1.82) is 0 Å². The molecule has 86 valence electrons. The zero-order chi connectivity index (χ0) is 11.7. The summed E-state index contributed by atoms with van der Waals surface area (Å²) in [6.45, 7) is 0. The third-order valence-corrected chi connectivity index (χ3v) is 0. The van der Waals surface area contributed by atoms with Crippen molar-refractivity contribution in [3.63, 3.8) is 0 Å². The predicted octanol–water partition coefficient (Wildman–Crippen LogP) is 1.40. The quantitative estimate of drug-likeness (QED) is 0.302. The van der Waals surface area contributed by atoms with Gasteiger partial charge < -0.3 is 13.1 Å². The third kappa shape index (κ3) is 2940. The molecule has 0 aromatic rings. The maximum atomic E-state index is 8.74. The van der Waals surface area contributed by atoms with Crippen molar-refractivity contribution < 1.29 is 35.4 Å². The number of hydrogen-bond acceptors (Lipinski definition) is 3. The van der Waals surface area contributed by atoms with Crippen molar-refractivity contribution in [2.24, 2.45) is 0 Å². The first-order valence-corrected chi connectivity index (χ1v) is 4.71. The minimum Gasteiger partial charge on any atom is -1.00 e. The van der Waals surface area contributed by atoms with Gasteiger partial charge in [0.15, 0.2) is 4.30 Å². The van der Waals surface area contributed by atoms with E-state index in [9.17, 15) is 0 Å². The molecular formula is C2H7Cl3MgO7S. The van der Waals surface area contributed by atoms with Crippen molar-refractivity contribution in [3.8, 4) is 0 Å². The van der Waals surface area contributed by atoms with Crippen molar-refractivity contribution in [2.45, 2.75) is 4.30 Å². The fraction of sp³-hybridized carbons (Fsp3) is 0.500. The van der Waals surface area contributed by atoms with Crippen LogP contribution >= 0.6 is 34.8 Å². The molecule has 0 atom stereocenters. The molecule has 0 aliphatic rings. The van der Waals surface area contributed by atoms with E-state index in [0.717, 1.165) is 0 Å². The largest absolute Gasteiger partial charge is 2.00 e. The topological polar surface area (TPSA) is 132 Å². The van der Waals surface area contributed by atoms with E-state index in [1.54, 1.807) is 0 Å². The molecule has 0 heterocycles. The molecule has 14 heavy (non-hydrogen) atoms. The second kappa shape index (κ2) is 13.8. The number of hydrogen-bond donors (Lipinski definition) is 4. The van der Waals surface area contributed by atoms with Crippen LogP contribution in [0.25, 0.3) is 0 Å². The number of halogens is 3. The third-order valence-electron chi connectivity index (χ3n) is 0. The van der Waals surface area contributed by atoms with Gasteiger partial charge in [0.1, 0.15) is 0 Å². The van der Waals surface area contributed by atoms with Crippen LogP contribution in [0.2, 0.25) is 0 Å². The maximum absolute atomic E-state index is 8.74. The van der Waals surface area contributed by atoms with E-state index < -0.39 is 20.8 Å². The van der Waals surface area contributed by atoms with Crippen LogP contribution in [0.15, 0.2) is 0 Å². The minimum absolute atomic E-state index is 0. The average molecular weight is 306 g/mol. The zero-order valence-electron chi connectivity index (χ0n) is 8.34. The fourth-order valence-electron chi connectivity index (χ4n) is 0. The second-order valence-corrected chi connectivity index (χ2v) is 3.85. The Morgan fingerprint density at radius 3 is 1.14 bits per heavy atom. The van der Waals surface area contributed by atoms with E-state index in [-0.39, 0.29) is 25.9 Å². The summed E-state index contributed by atoms with van der Waals surface area (Å²) in [5.41, 5.74) is 0. The first kappa shape index (κ1) is 24.1. The Hall–Kier alpha value is 0.776. The van der Waals surface area contributed by atoms with Gasteiger partial charge in [0.2, 0.25) is 0 Å². The minimum atomic E-state index is -4.67. The molecule has 12 heteroatoms. The summed E-state index contributed by atoms with van der Waals surface area (Å²) < 4.78 is 30.8. The summed E-state index contributed by atoms with van der Waals surface area (Å²) in [5, 5.41) is 13.9. The summed E-state index contributed by atoms with van der Waals surface area (Å²) in [5.74, 6) is 0. The Balaban J connectivity index is -0.0000000216. The maximum Gasteiger partial charge on any atom is 2.00 e. The van der Waals surface area contributed by atoms with Crippen LogP contribution in [0.1, 0.15) is 2.85 Å². The Morgan fingerprint density at radius 2 is 1.14 bits per heavy atom. The molecule has 0 fully saturated rings. The Labute approximate surface area is 114 Å². The Kier molecular flexibility index (Phi) is 23.8. The molecule has 7 nitrogen and oxygen atoms in total. The fourth-order valence-corrected chi connectivity index (χ4v) is 0. The monoisotopic (exact) mass is 304 g/mol. The van der Waals surface area contributed by atoms with Crippen LogP contribution in [-0.2, 0) is 10.4 Å². The molecule has 4 N–H and O–H groups in total. The summed E-state index contributed by atoms with van der Waals surface area (Å²) in [6.07, 6.45) is -1.83. The normalized spacial score (nSPS) is 8.43. The van der Waals surface area contributed by atoms with E-state index in [1.807, 2.05) is 0 Å². The molecule has 0 aliphatic carbocycles. The molecule has 0 aliphatic heterocycles. The molecule has 0 bridgehead atoms. The molecule has 0 spiro atoms. The molecule has 0 radical (unpaired) electrons. The zero-order valence-corrected chi connectivity index (χ0v) is 10.8. The van der Waals surface area contributed by atoms with Gasteiger partial charge >= 0.3 is 39.6 Å². The number of carbonyl (C=O) groups is 1. The molecular weight excluding hydrogens is 299 g/mol. The SMILES string of the molecule is ClC(Cl)Cl.O=C(O)O.O=S(=O)(O)O.[H-].[H-].[Mg+2]. The molecule has 0 saturated heterocycles. The van der Waals surface area contributed by atoms with Crippen molar-refractivity contribution in [2.75, 3.05) is 0 Å². The summed E-state index contributed by atoms with van der Waals surface area (Å²) in [4.78, 5) is 8.56. The van der Waals surface area contributed by atoms with Crippen LogP contribution in [0.5, 0.6) is 0 Å². The molecule has 0 aromatic heterocycles. The van der Waals surface area contributed by atoms with Crippen molar-refractivity contribution in [1.82, 2.24) is 0 Å². The van der Waals surface area contributed by atoms with Gasteiger partial charge in [-0.3, -0.25) is 9.11 Å². The first-order chi connectivity index (χ1) is 5.46. The number of alkyl halides is 3. The number of carboxylic acid groups (broad SMARTS) is 2. The smallest absolute Gasteiger partial charge is 1.00 e. The van der Waals surface area contributed by atoms with Crippen molar-refractivity contribution in [3.05, 3.63) is 0 Å². The summed E-state index contributed by atoms with van der Waals surface area (Å²) in [6, 6.07) is 0. The first-order valence-electron chi connectivity index (χ1n) is 2.00. The van der Waals surface area contributed by atoms with Gasteiger partial charge in [-0.2, -0.15) is 8.42 Å². The molecule has 0 amide bonds. The standard InChI is InChI=1S/CHCl3.CH2O3.Mg.H2O4S.2H/c2*2-1(3)4;;1-5(2,3)4;;/h1H;(H2,2,3,4);;(H2,1,2,3,4);;/q;;+2;;2*-1. The summed E-state index contributed by atoms with van der Waals surface area (Å²) in [7, 11) is -4.67. The van der Waals surface area contributed by atoms with E-state index in [1.165, 1.54) is 0 Å². The van der Waals surface area contributed by atoms with E-state index in [2.05, 4.69) is 0 Å². The molecule has 0 unspecified atom stereocenters. The second-order valence-electron chi connectivity index (χ2n) is 0.978. The molecule has 0 saturated carbocycles. The average Bonchev–Trinajstić information content (AvgIpc) is 1.50.